The Morgan fingerprint density at radius 2 is 1.57 bits per heavy atom. The monoisotopic (exact) mass is 406 g/mol. The summed E-state index contributed by atoms with van der Waals surface area (Å²) >= 11 is 0. The largest absolute Gasteiger partial charge is 0.353 e. The normalized spacial score (nSPS) is 16.8. The molecule has 1 N–H and O–H groups in total. The van der Waals surface area contributed by atoms with Gasteiger partial charge in [0.15, 0.2) is 0 Å². The fourth-order valence-corrected chi connectivity index (χ4v) is 3.78. The van der Waals surface area contributed by atoms with E-state index in [4.69, 9.17) is 0 Å². The van der Waals surface area contributed by atoms with Crippen LogP contribution in [0.5, 0.6) is 0 Å². The van der Waals surface area contributed by atoms with Gasteiger partial charge in [-0.2, -0.15) is 0 Å². The van der Waals surface area contributed by atoms with Crippen molar-refractivity contribution >= 4 is 12.0 Å². The van der Waals surface area contributed by atoms with E-state index in [1.807, 2.05) is 24.3 Å². The summed E-state index contributed by atoms with van der Waals surface area (Å²) in [4.78, 5) is 19.3. The summed E-state index contributed by atoms with van der Waals surface area (Å²) in [5.74, 6) is 0.107. The average molecular weight is 407 g/mol. The molecule has 30 heavy (non-hydrogen) atoms. The zero-order chi connectivity index (χ0) is 21.2. The zero-order valence-corrected chi connectivity index (χ0v) is 18.2. The fraction of sp³-hybridized carbons (Fsp3) is 0.400. The van der Waals surface area contributed by atoms with E-state index >= 15 is 0 Å². The molecule has 1 fully saturated rings. The molecule has 0 radical (unpaired) electrons. The van der Waals surface area contributed by atoms with E-state index in [1.54, 1.807) is 0 Å². The lowest BCUT2D eigenvalue weighted by Crippen LogP contribution is -2.49. The van der Waals surface area contributed by atoms with Crippen LogP contribution in [0.3, 0.4) is 0 Å². The van der Waals surface area contributed by atoms with Gasteiger partial charge in [0.05, 0.1) is 12.6 Å². The van der Waals surface area contributed by atoms with Gasteiger partial charge >= 0.3 is 0 Å². The van der Waals surface area contributed by atoms with E-state index in [2.05, 4.69) is 82.7 Å². The number of nitrogens with one attached hydrogen (secondary N) is 1. The fourth-order valence-electron chi connectivity index (χ4n) is 3.78. The Balaban J connectivity index is 1.37. The molecular formula is C25H34N4O. The van der Waals surface area contributed by atoms with Crippen molar-refractivity contribution < 1.29 is 4.79 Å². The highest BCUT2D eigenvalue weighted by Gasteiger charge is 2.19. The standard InChI is InChI=1S/C25H34N4O/c1-27(2)24(23-13-7-4-8-14-23)20-26-25(30)21-29-18-16-28(17-19-29)15-9-12-22-10-5-3-6-11-22/h3-14,24H,15-21H2,1-2H3,(H,26,30)/b12-9+. The highest BCUT2D eigenvalue weighted by molar-refractivity contribution is 5.78. The molecule has 1 atom stereocenters. The molecule has 1 unspecified atom stereocenters. The van der Waals surface area contributed by atoms with Gasteiger partial charge in [0.1, 0.15) is 0 Å². The molecule has 0 aliphatic carbocycles. The Hall–Kier alpha value is -2.47. The second-order valence-electron chi connectivity index (χ2n) is 8.08. The maximum Gasteiger partial charge on any atom is 0.234 e. The van der Waals surface area contributed by atoms with Gasteiger partial charge in [0.25, 0.3) is 0 Å². The molecule has 0 aromatic heterocycles. The summed E-state index contributed by atoms with van der Waals surface area (Å²) in [6, 6.07) is 20.9. The molecule has 160 valence electrons. The van der Waals surface area contributed by atoms with Crippen LogP contribution in [0.15, 0.2) is 66.7 Å². The quantitative estimate of drug-likeness (QED) is 0.695. The van der Waals surface area contributed by atoms with Crippen LogP contribution in [-0.2, 0) is 4.79 Å². The first-order chi connectivity index (χ1) is 14.6. The van der Waals surface area contributed by atoms with E-state index in [-0.39, 0.29) is 11.9 Å². The molecular weight excluding hydrogens is 372 g/mol. The van der Waals surface area contributed by atoms with Gasteiger partial charge in [-0.1, -0.05) is 72.8 Å². The Morgan fingerprint density at radius 1 is 0.967 bits per heavy atom. The van der Waals surface area contributed by atoms with Crippen molar-refractivity contribution in [1.29, 1.82) is 0 Å². The average Bonchev–Trinajstić information content (AvgIpc) is 2.76. The van der Waals surface area contributed by atoms with Crippen molar-refractivity contribution in [3.05, 3.63) is 77.9 Å². The summed E-state index contributed by atoms with van der Waals surface area (Å²) in [5.41, 5.74) is 2.46. The molecule has 0 spiro atoms. The molecule has 3 rings (SSSR count). The molecule has 2 aromatic rings. The molecule has 2 aromatic carbocycles. The molecule has 5 heteroatoms. The Morgan fingerprint density at radius 3 is 2.20 bits per heavy atom. The molecule has 0 saturated carbocycles. The second-order valence-corrected chi connectivity index (χ2v) is 8.08. The summed E-state index contributed by atoms with van der Waals surface area (Å²) in [7, 11) is 4.10. The number of carbonyl (C=O) groups is 1. The lowest BCUT2D eigenvalue weighted by molar-refractivity contribution is -0.122. The van der Waals surface area contributed by atoms with Crippen LogP contribution in [0.2, 0.25) is 0 Å². The van der Waals surface area contributed by atoms with E-state index in [0.29, 0.717) is 13.1 Å². The van der Waals surface area contributed by atoms with Gasteiger partial charge in [-0.3, -0.25) is 14.6 Å². The minimum atomic E-state index is 0.107. The zero-order valence-electron chi connectivity index (χ0n) is 18.2. The van der Waals surface area contributed by atoms with Crippen LogP contribution >= 0.6 is 0 Å². The summed E-state index contributed by atoms with van der Waals surface area (Å²) in [6.45, 7) is 5.91. The van der Waals surface area contributed by atoms with E-state index in [0.717, 1.165) is 32.7 Å². The van der Waals surface area contributed by atoms with E-state index < -0.39 is 0 Å². The molecule has 1 aliphatic rings. The highest BCUT2D eigenvalue weighted by atomic mass is 16.2. The Labute approximate surface area is 181 Å². The van der Waals surface area contributed by atoms with Crippen LogP contribution in [0.25, 0.3) is 6.08 Å². The predicted molar refractivity (Wildman–Crippen MR) is 124 cm³/mol. The van der Waals surface area contributed by atoms with Crippen molar-refractivity contribution in [2.24, 2.45) is 0 Å². The summed E-state index contributed by atoms with van der Waals surface area (Å²) in [5, 5.41) is 3.13. The number of amides is 1. The maximum atomic E-state index is 12.5. The number of nitrogens with zero attached hydrogens (tertiary/aromatic N) is 3. The minimum absolute atomic E-state index is 0.107. The highest BCUT2D eigenvalue weighted by Crippen LogP contribution is 2.16. The van der Waals surface area contributed by atoms with Crippen LogP contribution in [0.4, 0.5) is 0 Å². The van der Waals surface area contributed by atoms with Crippen molar-refractivity contribution in [3.63, 3.8) is 0 Å². The number of benzene rings is 2. The second kappa shape index (κ2) is 11.6. The number of carbonyl (C=O) groups excluding carboxylic acids is 1. The number of likely N-dealkylation sites (N-methyl/N-ethyl adjacent to an activating group) is 1. The molecule has 1 saturated heterocycles. The van der Waals surface area contributed by atoms with Gasteiger partial charge in [-0.05, 0) is 25.2 Å². The summed E-state index contributed by atoms with van der Waals surface area (Å²) in [6.07, 6.45) is 4.40. The molecule has 1 amide bonds. The number of hydrogen-bond donors (Lipinski definition) is 1. The Kier molecular flexibility index (Phi) is 8.63. The lowest BCUT2D eigenvalue weighted by Gasteiger charge is -2.34. The van der Waals surface area contributed by atoms with Crippen LogP contribution in [-0.4, -0.2) is 80.5 Å². The van der Waals surface area contributed by atoms with Crippen molar-refractivity contribution in [2.75, 3.05) is 59.9 Å². The molecule has 1 aliphatic heterocycles. The third-order valence-electron chi connectivity index (χ3n) is 5.61. The number of hydrogen-bond acceptors (Lipinski definition) is 4. The van der Waals surface area contributed by atoms with Crippen molar-refractivity contribution in [3.8, 4) is 0 Å². The van der Waals surface area contributed by atoms with Crippen LogP contribution in [0, 0.1) is 0 Å². The van der Waals surface area contributed by atoms with Gasteiger partial charge in [0, 0.05) is 39.3 Å². The topological polar surface area (TPSA) is 38.8 Å². The number of piperazine rings is 1. The van der Waals surface area contributed by atoms with Gasteiger partial charge < -0.3 is 10.2 Å². The third-order valence-corrected chi connectivity index (χ3v) is 5.61. The van der Waals surface area contributed by atoms with Gasteiger partial charge in [-0.15, -0.1) is 0 Å². The first-order valence-electron chi connectivity index (χ1n) is 10.8. The maximum absolute atomic E-state index is 12.5. The lowest BCUT2D eigenvalue weighted by atomic mass is 10.1. The van der Waals surface area contributed by atoms with Crippen LogP contribution in [0.1, 0.15) is 17.2 Å². The van der Waals surface area contributed by atoms with Gasteiger partial charge in [-0.25, -0.2) is 0 Å². The molecule has 1 heterocycles. The SMILES string of the molecule is CN(C)C(CNC(=O)CN1CCN(C/C=C/c2ccccc2)CC1)c1ccccc1. The number of rotatable bonds is 9. The molecule has 5 nitrogen and oxygen atoms in total. The Bertz CT molecular complexity index is 783. The molecule has 0 bridgehead atoms. The van der Waals surface area contributed by atoms with Gasteiger partial charge in [0.2, 0.25) is 5.91 Å². The smallest absolute Gasteiger partial charge is 0.234 e. The van der Waals surface area contributed by atoms with Crippen molar-refractivity contribution in [2.45, 2.75) is 6.04 Å². The van der Waals surface area contributed by atoms with Crippen molar-refractivity contribution in [1.82, 2.24) is 20.0 Å². The van der Waals surface area contributed by atoms with Crippen LogP contribution < -0.4 is 5.32 Å². The van der Waals surface area contributed by atoms with E-state index in [1.165, 1.54) is 11.1 Å². The predicted octanol–water partition coefficient (Wildman–Crippen LogP) is 2.74. The first kappa shape index (κ1) is 22.2. The first-order valence-corrected chi connectivity index (χ1v) is 10.8. The van der Waals surface area contributed by atoms with E-state index in [9.17, 15) is 4.79 Å². The minimum Gasteiger partial charge on any atom is -0.353 e. The summed E-state index contributed by atoms with van der Waals surface area (Å²) < 4.78 is 0. The third kappa shape index (κ3) is 7.10.